The standard InChI is InChI=1S/C18H22N4O3/c23-18(20-9-13-3-4-16-17(8-13)25-12-24-16)11-22-7-5-15(21-22)14-2-1-6-19-10-14/h3-5,7-8,14,19H,1-2,6,9-12H2,(H,20,23)/t14-/m0/s1. The minimum atomic E-state index is -0.0610. The number of ether oxygens (including phenoxy) is 2. The second-order valence-electron chi connectivity index (χ2n) is 6.45. The molecule has 2 N–H and O–H groups in total. The van der Waals surface area contributed by atoms with Crippen LogP contribution >= 0.6 is 0 Å². The lowest BCUT2D eigenvalue weighted by molar-refractivity contribution is -0.122. The van der Waals surface area contributed by atoms with E-state index in [2.05, 4.69) is 15.7 Å². The summed E-state index contributed by atoms with van der Waals surface area (Å²) >= 11 is 0. The van der Waals surface area contributed by atoms with Crippen LogP contribution in [0.1, 0.15) is 30.0 Å². The molecular formula is C18H22N4O3. The molecule has 2 aliphatic rings. The fourth-order valence-electron chi connectivity index (χ4n) is 3.24. The number of amides is 1. The summed E-state index contributed by atoms with van der Waals surface area (Å²) < 4.78 is 12.3. The first-order valence-corrected chi connectivity index (χ1v) is 8.67. The normalized spacial score (nSPS) is 19.0. The molecule has 1 saturated heterocycles. The van der Waals surface area contributed by atoms with Gasteiger partial charge in [0, 0.05) is 25.2 Å². The molecule has 1 aromatic heterocycles. The topological polar surface area (TPSA) is 77.4 Å². The molecule has 1 atom stereocenters. The lowest BCUT2D eigenvalue weighted by Crippen LogP contribution is -2.29. The van der Waals surface area contributed by atoms with E-state index in [0.29, 0.717) is 12.5 Å². The summed E-state index contributed by atoms with van der Waals surface area (Å²) in [7, 11) is 0. The summed E-state index contributed by atoms with van der Waals surface area (Å²) in [5.74, 6) is 1.86. The Kier molecular flexibility index (Phi) is 4.56. The molecule has 7 heteroatoms. The second kappa shape index (κ2) is 7.14. The Morgan fingerprint density at radius 1 is 1.32 bits per heavy atom. The van der Waals surface area contributed by atoms with E-state index in [-0.39, 0.29) is 19.2 Å². The summed E-state index contributed by atoms with van der Waals surface area (Å²) in [5, 5.41) is 10.9. The van der Waals surface area contributed by atoms with Crippen LogP contribution in [0.5, 0.6) is 11.5 Å². The highest BCUT2D eigenvalue weighted by Gasteiger charge is 2.18. The van der Waals surface area contributed by atoms with Crippen LogP contribution in [0.15, 0.2) is 30.5 Å². The van der Waals surface area contributed by atoms with Crippen molar-refractivity contribution in [2.24, 2.45) is 0 Å². The Morgan fingerprint density at radius 3 is 3.12 bits per heavy atom. The van der Waals surface area contributed by atoms with Crippen LogP contribution in [0.2, 0.25) is 0 Å². The number of aromatic nitrogens is 2. The molecule has 7 nitrogen and oxygen atoms in total. The smallest absolute Gasteiger partial charge is 0.241 e. The zero-order chi connectivity index (χ0) is 17.1. The molecule has 0 unspecified atom stereocenters. The predicted molar refractivity (Wildman–Crippen MR) is 91.5 cm³/mol. The maximum Gasteiger partial charge on any atom is 0.241 e. The Hall–Kier alpha value is -2.54. The van der Waals surface area contributed by atoms with Crippen LogP contribution in [0.3, 0.4) is 0 Å². The molecule has 0 saturated carbocycles. The summed E-state index contributed by atoms with van der Waals surface area (Å²) in [6.45, 7) is 2.98. The Balaban J connectivity index is 1.29. The molecular weight excluding hydrogens is 320 g/mol. The number of benzene rings is 1. The van der Waals surface area contributed by atoms with Crippen LogP contribution in [-0.2, 0) is 17.9 Å². The van der Waals surface area contributed by atoms with Crippen molar-refractivity contribution < 1.29 is 14.3 Å². The first-order valence-electron chi connectivity index (χ1n) is 8.67. The summed E-state index contributed by atoms with van der Waals surface area (Å²) in [4.78, 5) is 12.2. The van der Waals surface area contributed by atoms with Gasteiger partial charge in [0.25, 0.3) is 0 Å². The lowest BCUT2D eigenvalue weighted by atomic mass is 9.97. The third-order valence-corrected chi connectivity index (χ3v) is 4.61. The van der Waals surface area contributed by atoms with Crippen molar-refractivity contribution in [1.82, 2.24) is 20.4 Å². The third-order valence-electron chi connectivity index (χ3n) is 4.61. The van der Waals surface area contributed by atoms with Crippen molar-refractivity contribution in [2.45, 2.75) is 31.8 Å². The molecule has 0 aliphatic carbocycles. The van der Waals surface area contributed by atoms with Crippen LogP contribution in [0.25, 0.3) is 0 Å². The number of rotatable bonds is 5. The molecule has 3 heterocycles. The van der Waals surface area contributed by atoms with Gasteiger partial charge in [0.1, 0.15) is 6.54 Å². The van der Waals surface area contributed by atoms with Gasteiger partial charge in [-0.25, -0.2) is 0 Å². The molecule has 1 aromatic carbocycles. The fourth-order valence-corrected chi connectivity index (χ4v) is 3.24. The fraction of sp³-hybridized carbons (Fsp3) is 0.444. The Bertz CT molecular complexity index is 753. The number of carbonyl (C=O) groups is 1. The maximum atomic E-state index is 12.2. The molecule has 0 spiro atoms. The zero-order valence-corrected chi connectivity index (χ0v) is 14.0. The van der Waals surface area contributed by atoms with Gasteiger partial charge in [-0.15, -0.1) is 0 Å². The Labute approximate surface area is 146 Å². The highest BCUT2D eigenvalue weighted by molar-refractivity contribution is 5.75. The summed E-state index contributed by atoms with van der Waals surface area (Å²) in [6, 6.07) is 7.70. The number of piperidine rings is 1. The molecule has 132 valence electrons. The highest BCUT2D eigenvalue weighted by atomic mass is 16.7. The van der Waals surface area contributed by atoms with Crippen molar-refractivity contribution in [3.8, 4) is 11.5 Å². The zero-order valence-electron chi connectivity index (χ0n) is 14.0. The Morgan fingerprint density at radius 2 is 2.24 bits per heavy atom. The van der Waals surface area contributed by atoms with Crippen LogP contribution in [-0.4, -0.2) is 35.6 Å². The van der Waals surface area contributed by atoms with Gasteiger partial charge in [-0.05, 0) is 43.1 Å². The highest BCUT2D eigenvalue weighted by Crippen LogP contribution is 2.32. The number of nitrogens with one attached hydrogen (secondary N) is 2. The minimum Gasteiger partial charge on any atom is -0.454 e. The molecule has 0 radical (unpaired) electrons. The minimum absolute atomic E-state index is 0.0610. The average molecular weight is 342 g/mol. The maximum absolute atomic E-state index is 12.2. The van der Waals surface area contributed by atoms with Crippen molar-refractivity contribution in [3.05, 3.63) is 41.7 Å². The van der Waals surface area contributed by atoms with Crippen LogP contribution in [0, 0.1) is 0 Å². The van der Waals surface area contributed by atoms with E-state index in [1.165, 1.54) is 6.42 Å². The number of hydrogen-bond acceptors (Lipinski definition) is 5. The van der Waals surface area contributed by atoms with E-state index in [1.807, 2.05) is 30.5 Å². The third kappa shape index (κ3) is 3.76. The second-order valence-corrected chi connectivity index (χ2v) is 6.45. The van der Waals surface area contributed by atoms with E-state index in [9.17, 15) is 4.79 Å². The van der Waals surface area contributed by atoms with Crippen molar-refractivity contribution >= 4 is 5.91 Å². The van der Waals surface area contributed by atoms with E-state index in [4.69, 9.17) is 9.47 Å². The number of hydrogen-bond donors (Lipinski definition) is 2. The molecule has 4 rings (SSSR count). The van der Waals surface area contributed by atoms with Crippen LogP contribution < -0.4 is 20.1 Å². The van der Waals surface area contributed by atoms with Gasteiger partial charge < -0.3 is 20.1 Å². The van der Waals surface area contributed by atoms with Gasteiger partial charge in [-0.3, -0.25) is 9.48 Å². The molecule has 2 aromatic rings. The monoisotopic (exact) mass is 342 g/mol. The van der Waals surface area contributed by atoms with Gasteiger partial charge in [0.2, 0.25) is 12.7 Å². The van der Waals surface area contributed by atoms with Crippen molar-refractivity contribution in [3.63, 3.8) is 0 Å². The molecule has 25 heavy (non-hydrogen) atoms. The first-order chi connectivity index (χ1) is 12.3. The lowest BCUT2D eigenvalue weighted by Gasteiger charge is -2.20. The average Bonchev–Trinajstić information content (AvgIpc) is 3.29. The number of fused-ring (bicyclic) bond motifs is 1. The molecule has 2 aliphatic heterocycles. The van der Waals surface area contributed by atoms with E-state index in [1.54, 1.807) is 4.68 Å². The van der Waals surface area contributed by atoms with E-state index in [0.717, 1.165) is 42.3 Å². The van der Waals surface area contributed by atoms with Gasteiger partial charge in [-0.1, -0.05) is 6.07 Å². The van der Waals surface area contributed by atoms with Gasteiger partial charge in [0.15, 0.2) is 11.5 Å². The van der Waals surface area contributed by atoms with Gasteiger partial charge in [-0.2, -0.15) is 5.10 Å². The SMILES string of the molecule is O=C(Cn1ccc([C@H]2CCCNC2)n1)NCc1ccc2c(c1)OCO2. The number of nitrogens with zero attached hydrogens (tertiary/aromatic N) is 2. The van der Waals surface area contributed by atoms with E-state index >= 15 is 0 Å². The quantitative estimate of drug-likeness (QED) is 0.859. The van der Waals surface area contributed by atoms with Crippen molar-refractivity contribution in [1.29, 1.82) is 0 Å². The molecule has 0 bridgehead atoms. The van der Waals surface area contributed by atoms with Gasteiger partial charge in [0.05, 0.1) is 5.69 Å². The molecule has 1 amide bonds. The molecule has 1 fully saturated rings. The summed E-state index contributed by atoms with van der Waals surface area (Å²) in [5.41, 5.74) is 2.04. The largest absolute Gasteiger partial charge is 0.454 e. The van der Waals surface area contributed by atoms with Gasteiger partial charge >= 0.3 is 0 Å². The predicted octanol–water partition coefficient (Wildman–Crippen LogP) is 1.40. The van der Waals surface area contributed by atoms with Crippen molar-refractivity contribution in [2.75, 3.05) is 19.9 Å². The van der Waals surface area contributed by atoms with Crippen LogP contribution in [0.4, 0.5) is 0 Å². The summed E-state index contributed by atoms with van der Waals surface area (Å²) in [6.07, 6.45) is 4.21. The van der Waals surface area contributed by atoms with E-state index < -0.39 is 0 Å². The first kappa shape index (κ1) is 16.0. The number of carbonyl (C=O) groups excluding carboxylic acids is 1.